The van der Waals surface area contributed by atoms with Crippen molar-refractivity contribution in [3.05, 3.63) is 0 Å². The first-order chi connectivity index (χ1) is 6.74. The number of piperidine rings is 1. The zero-order valence-electron chi connectivity index (χ0n) is 7.88. The number of carbonyl (C=O) groups is 2. The van der Waals surface area contributed by atoms with E-state index in [1.165, 1.54) is 0 Å². The van der Waals surface area contributed by atoms with Crippen LogP contribution in [-0.2, 0) is 9.59 Å². The molecule has 76 valence electrons. The molecule has 0 aromatic heterocycles. The first kappa shape index (κ1) is 10.5. The second kappa shape index (κ2) is 5.22. The van der Waals surface area contributed by atoms with Gasteiger partial charge in [0.25, 0.3) is 0 Å². The van der Waals surface area contributed by atoms with E-state index in [0.29, 0.717) is 32.4 Å². The maximum Gasteiger partial charge on any atom is 0.224 e. The fraction of sp³-hybridized carbons (Fsp3) is 0.667. The maximum absolute atomic E-state index is 11.4. The third kappa shape index (κ3) is 3.05. The molecule has 0 bridgehead atoms. The van der Waals surface area contributed by atoms with Gasteiger partial charge in [0.15, 0.2) is 0 Å². The highest BCUT2D eigenvalue weighted by Crippen LogP contribution is 2.10. The predicted molar refractivity (Wildman–Crippen MR) is 49.0 cm³/mol. The van der Waals surface area contributed by atoms with Crippen molar-refractivity contribution in [3.63, 3.8) is 0 Å². The molecule has 5 nitrogen and oxygen atoms in total. The number of hydrogen-bond acceptors (Lipinski definition) is 3. The van der Waals surface area contributed by atoms with Crippen LogP contribution < -0.4 is 10.6 Å². The Morgan fingerprint density at radius 2 is 2.50 bits per heavy atom. The highest BCUT2D eigenvalue weighted by atomic mass is 16.2. The molecule has 1 heterocycles. The lowest BCUT2D eigenvalue weighted by atomic mass is 9.98. The summed E-state index contributed by atoms with van der Waals surface area (Å²) in [5, 5.41) is 13.6. The van der Waals surface area contributed by atoms with E-state index in [2.05, 4.69) is 10.6 Å². The van der Waals surface area contributed by atoms with Crippen molar-refractivity contribution in [1.82, 2.24) is 10.6 Å². The van der Waals surface area contributed by atoms with Crippen molar-refractivity contribution in [2.45, 2.75) is 19.3 Å². The van der Waals surface area contributed by atoms with E-state index < -0.39 is 0 Å². The van der Waals surface area contributed by atoms with Crippen LogP contribution in [-0.4, -0.2) is 24.9 Å². The van der Waals surface area contributed by atoms with Crippen LogP contribution in [0.3, 0.4) is 0 Å². The van der Waals surface area contributed by atoms with Gasteiger partial charge in [0.1, 0.15) is 0 Å². The standard InChI is InChI=1S/C9H13N3O2/c10-4-1-5-11-9(14)7-2-3-8(13)12-6-7/h7H,1-3,5-6H2,(H,11,14)(H,12,13). The van der Waals surface area contributed by atoms with Crippen LogP contribution >= 0.6 is 0 Å². The molecule has 0 saturated carbocycles. The fourth-order valence-electron chi connectivity index (χ4n) is 1.34. The number of hydrogen-bond donors (Lipinski definition) is 2. The summed E-state index contributed by atoms with van der Waals surface area (Å²) >= 11 is 0. The third-order valence-electron chi connectivity index (χ3n) is 2.17. The molecule has 2 N–H and O–H groups in total. The van der Waals surface area contributed by atoms with Crippen molar-refractivity contribution in [2.24, 2.45) is 5.92 Å². The molecule has 14 heavy (non-hydrogen) atoms. The zero-order chi connectivity index (χ0) is 10.4. The number of nitriles is 1. The van der Waals surface area contributed by atoms with Crippen LogP contribution in [0.25, 0.3) is 0 Å². The van der Waals surface area contributed by atoms with Crippen molar-refractivity contribution in [2.75, 3.05) is 13.1 Å². The van der Waals surface area contributed by atoms with E-state index in [0.717, 1.165) is 0 Å². The van der Waals surface area contributed by atoms with Gasteiger partial charge in [-0.1, -0.05) is 0 Å². The summed E-state index contributed by atoms with van der Waals surface area (Å²) in [6, 6.07) is 1.95. The van der Waals surface area contributed by atoms with Crippen LogP contribution in [0.5, 0.6) is 0 Å². The van der Waals surface area contributed by atoms with Crippen LogP contribution in [0.2, 0.25) is 0 Å². The first-order valence-corrected chi connectivity index (χ1v) is 4.65. The normalized spacial score (nSPS) is 20.8. The van der Waals surface area contributed by atoms with E-state index in [1.54, 1.807) is 0 Å². The average molecular weight is 195 g/mol. The SMILES string of the molecule is N#CCCNC(=O)C1CCC(=O)NC1. The lowest BCUT2D eigenvalue weighted by molar-refractivity contribution is -0.128. The van der Waals surface area contributed by atoms with Crippen molar-refractivity contribution >= 4 is 11.8 Å². The molecule has 1 aliphatic heterocycles. The fourth-order valence-corrected chi connectivity index (χ4v) is 1.34. The second-order valence-corrected chi connectivity index (χ2v) is 3.24. The quantitative estimate of drug-likeness (QED) is 0.598. The van der Waals surface area contributed by atoms with E-state index >= 15 is 0 Å². The molecule has 0 aliphatic carbocycles. The van der Waals surface area contributed by atoms with E-state index in [4.69, 9.17) is 5.26 Å². The number of nitrogens with zero attached hydrogens (tertiary/aromatic N) is 1. The Bertz CT molecular complexity index is 260. The van der Waals surface area contributed by atoms with Crippen molar-refractivity contribution < 1.29 is 9.59 Å². The minimum Gasteiger partial charge on any atom is -0.355 e. The summed E-state index contributed by atoms with van der Waals surface area (Å²) in [6.45, 7) is 0.803. The molecule has 1 rings (SSSR count). The monoisotopic (exact) mass is 195 g/mol. The average Bonchev–Trinajstić information content (AvgIpc) is 2.19. The maximum atomic E-state index is 11.4. The molecule has 0 radical (unpaired) electrons. The number of carbonyl (C=O) groups excluding carboxylic acids is 2. The molecule has 1 aliphatic rings. The molecule has 0 aromatic carbocycles. The lowest BCUT2D eigenvalue weighted by Gasteiger charge is -2.21. The molecule has 5 heteroatoms. The Hall–Kier alpha value is -1.57. The van der Waals surface area contributed by atoms with Crippen LogP contribution in [0.15, 0.2) is 0 Å². The molecule has 1 atom stereocenters. The van der Waals surface area contributed by atoms with E-state index in [9.17, 15) is 9.59 Å². The van der Waals surface area contributed by atoms with Crippen LogP contribution in [0.4, 0.5) is 0 Å². The summed E-state index contributed by atoms with van der Waals surface area (Å²) in [4.78, 5) is 22.2. The Balaban J connectivity index is 2.24. The minimum absolute atomic E-state index is 0.00562. The minimum atomic E-state index is -0.133. The molecule has 0 aromatic rings. The molecule has 1 fully saturated rings. The Morgan fingerprint density at radius 3 is 3.07 bits per heavy atom. The number of amides is 2. The van der Waals surface area contributed by atoms with E-state index in [-0.39, 0.29) is 17.7 Å². The topological polar surface area (TPSA) is 82.0 Å². The largest absolute Gasteiger partial charge is 0.355 e. The second-order valence-electron chi connectivity index (χ2n) is 3.24. The Labute approximate surface area is 82.5 Å². The highest BCUT2D eigenvalue weighted by Gasteiger charge is 2.23. The molecule has 2 amide bonds. The van der Waals surface area contributed by atoms with Gasteiger partial charge in [0.05, 0.1) is 18.4 Å². The zero-order valence-corrected chi connectivity index (χ0v) is 7.88. The molecule has 1 saturated heterocycles. The summed E-state index contributed by atoms with van der Waals surface area (Å²) in [6.07, 6.45) is 1.34. The Kier molecular flexibility index (Phi) is 3.92. The van der Waals surface area contributed by atoms with E-state index in [1.807, 2.05) is 6.07 Å². The predicted octanol–water partition coefficient (Wildman–Crippen LogP) is -0.458. The number of nitrogens with one attached hydrogen (secondary N) is 2. The molecule has 0 spiro atoms. The van der Waals surface area contributed by atoms with Gasteiger partial charge >= 0.3 is 0 Å². The van der Waals surface area contributed by atoms with Gasteiger partial charge in [-0.3, -0.25) is 9.59 Å². The summed E-state index contributed by atoms with van der Waals surface area (Å²) in [5.41, 5.74) is 0. The van der Waals surface area contributed by atoms with Gasteiger partial charge in [0.2, 0.25) is 11.8 Å². The number of rotatable bonds is 3. The van der Waals surface area contributed by atoms with Gasteiger partial charge < -0.3 is 10.6 Å². The van der Waals surface area contributed by atoms with Gasteiger partial charge in [-0.2, -0.15) is 5.26 Å². The third-order valence-corrected chi connectivity index (χ3v) is 2.17. The summed E-state index contributed by atoms with van der Waals surface area (Å²) in [7, 11) is 0. The molecular formula is C9H13N3O2. The summed E-state index contributed by atoms with van der Waals surface area (Å²) in [5.74, 6) is -0.197. The summed E-state index contributed by atoms with van der Waals surface area (Å²) < 4.78 is 0. The lowest BCUT2D eigenvalue weighted by Crippen LogP contribution is -2.43. The molecular weight excluding hydrogens is 182 g/mol. The highest BCUT2D eigenvalue weighted by molar-refractivity contribution is 5.83. The van der Waals surface area contributed by atoms with Gasteiger partial charge in [-0.05, 0) is 6.42 Å². The van der Waals surface area contributed by atoms with Crippen molar-refractivity contribution in [1.29, 1.82) is 5.26 Å². The van der Waals surface area contributed by atoms with Crippen LogP contribution in [0, 0.1) is 17.2 Å². The first-order valence-electron chi connectivity index (χ1n) is 4.65. The van der Waals surface area contributed by atoms with Gasteiger partial charge in [-0.15, -0.1) is 0 Å². The Morgan fingerprint density at radius 1 is 1.71 bits per heavy atom. The van der Waals surface area contributed by atoms with Crippen molar-refractivity contribution in [3.8, 4) is 6.07 Å². The molecule has 1 unspecified atom stereocenters. The van der Waals surface area contributed by atoms with Gasteiger partial charge in [-0.25, -0.2) is 0 Å². The van der Waals surface area contributed by atoms with Gasteiger partial charge in [0, 0.05) is 19.5 Å². The van der Waals surface area contributed by atoms with Crippen LogP contribution in [0.1, 0.15) is 19.3 Å². The smallest absolute Gasteiger partial charge is 0.224 e.